The van der Waals surface area contributed by atoms with Crippen molar-refractivity contribution in [2.45, 2.75) is 0 Å². The monoisotopic (exact) mass is 262 g/mol. The predicted octanol–water partition coefficient (Wildman–Crippen LogP) is 2.35. The molecule has 0 saturated heterocycles. The first-order valence-corrected chi connectivity index (χ1v) is 5.14. The van der Waals surface area contributed by atoms with Gasteiger partial charge >= 0.3 is 5.97 Å². The summed E-state index contributed by atoms with van der Waals surface area (Å²) in [5.74, 6) is -1.43. The topological polar surface area (TPSA) is 82.3 Å². The zero-order chi connectivity index (χ0) is 13.8. The van der Waals surface area contributed by atoms with Crippen LogP contribution in [0, 0.1) is 16.1 Å². The summed E-state index contributed by atoms with van der Waals surface area (Å²) in [6, 6.07) is 7.22. The van der Waals surface area contributed by atoms with Crippen LogP contribution < -0.4 is 4.74 Å². The molecule has 0 unspecified atom stereocenters. The van der Waals surface area contributed by atoms with Gasteiger partial charge in [-0.15, -0.1) is 0 Å². The van der Waals surface area contributed by atoms with Crippen LogP contribution in [0.15, 0.2) is 42.6 Å². The Labute approximate surface area is 106 Å². The Hall–Kier alpha value is -2.83. The van der Waals surface area contributed by atoms with E-state index in [4.69, 9.17) is 4.74 Å². The largest absolute Gasteiger partial charge is 0.423 e. The van der Waals surface area contributed by atoms with Crippen LogP contribution in [0.2, 0.25) is 0 Å². The third kappa shape index (κ3) is 3.09. The molecule has 6 nitrogen and oxygen atoms in total. The van der Waals surface area contributed by atoms with Crippen molar-refractivity contribution in [2.24, 2.45) is 0 Å². The van der Waals surface area contributed by atoms with E-state index in [1.807, 2.05) is 0 Å². The Morgan fingerprint density at radius 1 is 1.26 bits per heavy atom. The van der Waals surface area contributed by atoms with Crippen LogP contribution in [0.4, 0.5) is 10.1 Å². The van der Waals surface area contributed by atoms with Gasteiger partial charge in [0.1, 0.15) is 5.75 Å². The van der Waals surface area contributed by atoms with Gasteiger partial charge in [-0.2, -0.15) is 4.39 Å². The lowest BCUT2D eigenvalue weighted by Gasteiger charge is -2.03. The van der Waals surface area contributed by atoms with Gasteiger partial charge in [-0.05, 0) is 18.2 Å². The minimum atomic E-state index is -0.793. The summed E-state index contributed by atoms with van der Waals surface area (Å²) in [6.07, 6.45) is 1.14. The van der Waals surface area contributed by atoms with Gasteiger partial charge in [-0.1, -0.05) is 0 Å². The molecular formula is C12H7FN2O4. The molecule has 0 saturated carbocycles. The Morgan fingerprint density at radius 3 is 2.53 bits per heavy atom. The molecule has 0 atom stereocenters. The highest BCUT2D eigenvalue weighted by atomic mass is 19.1. The van der Waals surface area contributed by atoms with Gasteiger partial charge in [0.15, 0.2) is 0 Å². The number of halogens is 1. The van der Waals surface area contributed by atoms with Crippen LogP contribution in [0.25, 0.3) is 0 Å². The Balaban J connectivity index is 2.13. The van der Waals surface area contributed by atoms with E-state index in [2.05, 4.69) is 4.98 Å². The number of esters is 1. The van der Waals surface area contributed by atoms with E-state index in [-0.39, 0.29) is 17.0 Å². The van der Waals surface area contributed by atoms with Crippen LogP contribution >= 0.6 is 0 Å². The standard InChI is InChI=1S/C12H7FN2O4/c13-11-7-8(5-6-14-11)12(16)19-10-3-1-9(2-4-10)15(17)18/h1-7H. The molecule has 0 radical (unpaired) electrons. The van der Waals surface area contributed by atoms with Crippen LogP contribution in [0.1, 0.15) is 10.4 Å². The number of nitrogens with zero attached hydrogens (tertiary/aromatic N) is 2. The number of non-ortho nitro benzene ring substituents is 1. The second-order valence-corrected chi connectivity index (χ2v) is 3.51. The van der Waals surface area contributed by atoms with E-state index in [0.29, 0.717) is 0 Å². The Bertz CT molecular complexity index is 628. The number of aromatic nitrogens is 1. The maximum Gasteiger partial charge on any atom is 0.343 e. The summed E-state index contributed by atoms with van der Waals surface area (Å²) in [5, 5.41) is 10.4. The number of nitro groups is 1. The molecule has 0 aliphatic rings. The molecular weight excluding hydrogens is 255 g/mol. The third-order valence-electron chi connectivity index (χ3n) is 2.22. The number of nitro benzene ring substituents is 1. The second-order valence-electron chi connectivity index (χ2n) is 3.51. The molecule has 7 heteroatoms. The van der Waals surface area contributed by atoms with Crippen molar-refractivity contribution in [1.29, 1.82) is 0 Å². The van der Waals surface area contributed by atoms with Gasteiger partial charge in [0.25, 0.3) is 5.69 Å². The molecule has 1 aromatic carbocycles. The van der Waals surface area contributed by atoms with Gasteiger partial charge in [0.05, 0.1) is 10.5 Å². The molecule has 0 aliphatic carbocycles. The van der Waals surface area contributed by atoms with E-state index in [1.54, 1.807) is 0 Å². The number of carbonyl (C=O) groups is 1. The summed E-state index contributed by atoms with van der Waals surface area (Å²) in [7, 11) is 0. The van der Waals surface area contributed by atoms with Gasteiger partial charge in [0.2, 0.25) is 5.95 Å². The molecule has 0 N–H and O–H groups in total. The van der Waals surface area contributed by atoms with Crippen molar-refractivity contribution in [3.8, 4) is 5.75 Å². The van der Waals surface area contributed by atoms with Crippen molar-refractivity contribution in [1.82, 2.24) is 4.98 Å². The highest BCUT2D eigenvalue weighted by Crippen LogP contribution is 2.18. The lowest BCUT2D eigenvalue weighted by atomic mass is 10.2. The second kappa shape index (κ2) is 5.21. The van der Waals surface area contributed by atoms with Crippen LogP contribution in [0.5, 0.6) is 5.75 Å². The molecule has 2 aromatic rings. The quantitative estimate of drug-likeness (QED) is 0.279. The van der Waals surface area contributed by atoms with Crippen molar-refractivity contribution in [3.05, 3.63) is 64.2 Å². The van der Waals surface area contributed by atoms with E-state index in [1.165, 1.54) is 30.3 Å². The predicted molar refractivity (Wildman–Crippen MR) is 62.2 cm³/mol. The molecule has 0 aliphatic heterocycles. The lowest BCUT2D eigenvalue weighted by molar-refractivity contribution is -0.384. The smallest absolute Gasteiger partial charge is 0.343 e. The Kier molecular flexibility index (Phi) is 3.46. The van der Waals surface area contributed by atoms with Crippen LogP contribution in [0.3, 0.4) is 0 Å². The number of carbonyl (C=O) groups excluding carboxylic acids is 1. The molecule has 1 aromatic heterocycles. The van der Waals surface area contributed by atoms with Gasteiger partial charge in [-0.3, -0.25) is 10.1 Å². The fourth-order valence-electron chi connectivity index (χ4n) is 1.33. The molecule has 0 amide bonds. The molecule has 0 fully saturated rings. The highest BCUT2D eigenvalue weighted by molar-refractivity contribution is 5.90. The SMILES string of the molecule is O=C(Oc1ccc([N+](=O)[O-])cc1)c1ccnc(F)c1. The minimum Gasteiger partial charge on any atom is -0.423 e. The zero-order valence-electron chi connectivity index (χ0n) is 9.45. The van der Waals surface area contributed by atoms with E-state index < -0.39 is 16.8 Å². The summed E-state index contributed by atoms with van der Waals surface area (Å²) < 4.78 is 17.7. The number of hydrogen-bond acceptors (Lipinski definition) is 5. The molecule has 0 bridgehead atoms. The third-order valence-corrected chi connectivity index (χ3v) is 2.22. The maximum absolute atomic E-state index is 12.8. The van der Waals surface area contributed by atoms with Crippen LogP contribution in [-0.4, -0.2) is 15.9 Å². The summed E-state index contributed by atoms with van der Waals surface area (Å²) in [5.41, 5.74) is -0.111. The highest BCUT2D eigenvalue weighted by Gasteiger charge is 2.11. The fourth-order valence-corrected chi connectivity index (χ4v) is 1.33. The molecule has 1 heterocycles. The maximum atomic E-state index is 12.8. The number of hydrogen-bond donors (Lipinski definition) is 0. The first-order chi connectivity index (χ1) is 9.06. The average Bonchev–Trinajstić information content (AvgIpc) is 2.39. The molecule has 19 heavy (non-hydrogen) atoms. The zero-order valence-corrected chi connectivity index (χ0v) is 9.45. The van der Waals surface area contributed by atoms with Crippen molar-refractivity contribution >= 4 is 11.7 Å². The molecule has 2 rings (SSSR count). The van der Waals surface area contributed by atoms with E-state index in [9.17, 15) is 19.3 Å². The summed E-state index contributed by atoms with van der Waals surface area (Å²) in [6.45, 7) is 0. The molecule has 0 spiro atoms. The number of ether oxygens (including phenoxy) is 1. The first kappa shape index (κ1) is 12.6. The van der Waals surface area contributed by atoms with Crippen LogP contribution in [-0.2, 0) is 0 Å². The summed E-state index contributed by atoms with van der Waals surface area (Å²) in [4.78, 5) is 24.8. The molecule has 96 valence electrons. The van der Waals surface area contributed by atoms with E-state index in [0.717, 1.165) is 12.3 Å². The normalized spacial score (nSPS) is 9.95. The van der Waals surface area contributed by atoms with Gasteiger partial charge < -0.3 is 4.74 Å². The van der Waals surface area contributed by atoms with E-state index >= 15 is 0 Å². The van der Waals surface area contributed by atoms with Crippen molar-refractivity contribution < 1.29 is 18.8 Å². The lowest BCUT2D eigenvalue weighted by Crippen LogP contribution is -2.09. The number of pyridine rings is 1. The number of rotatable bonds is 3. The minimum absolute atomic E-state index is 0.00542. The van der Waals surface area contributed by atoms with Crippen molar-refractivity contribution in [2.75, 3.05) is 0 Å². The summed E-state index contributed by atoms with van der Waals surface area (Å²) >= 11 is 0. The fraction of sp³-hybridized carbons (Fsp3) is 0. The number of benzene rings is 1. The first-order valence-electron chi connectivity index (χ1n) is 5.14. The van der Waals surface area contributed by atoms with Crippen molar-refractivity contribution in [3.63, 3.8) is 0 Å². The Morgan fingerprint density at radius 2 is 1.95 bits per heavy atom. The average molecular weight is 262 g/mol. The van der Waals surface area contributed by atoms with Gasteiger partial charge in [-0.25, -0.2) is 9.78 Å². The van der Waals surface area contributed by atoms with Gasteiger partial charge in [0, 0.05) is 24.4 Å².